The van der Waals surface area contributed by atoms with Crippen molar-refractivity contribution in [1.29, 1.82) is 0 Å². The molecule has 21 heavy (non-hydrogen) atoms. The van der Waals surface area contributed by atoms with Crippen molar-refractivity contribution in [1.82, 2.24) is 9.78 Å². The van der Waals surface area contributed by atoms with E-state index < -0.39 is 0 Å². The summed E-state index contributed by atoms with van der Waals surface area (Å²) in [5.74, 6) is 1.12. The second-order valence-electron chi connectivity index (χ2n) is 5.48. The molecule has 1 aliphatic heterocycles. The predicted molar refractivity (Wildman–Crippen MR) is 88.0 cm³/mol. The number of fused-ring (bicyclic) bond motifs is 1. The van der Waals surface area contributed by atoms with Gasteiger partial charge in [-0.1, -0.05) is 35.9 Å². The van der Waals surface area contributed by atoms with Gasteiger partial charge in [-0.2, -0.15) is 5.10 Å². The Balaban J connectivity index is 1.75. The van der Waals surface area contributed by atoms with E-state index >= 15 is 0 Å². The van der Waals surface area contributed by atoms with Gasteiger partial charge in [-0.25, -0.2) is 4.68 Å². The summed E-state index contributed by atoms with van der Waals surface area (Å²) >= 11 is 1.73. The van der Waals surface area contributed by atoms with Crippen LogP contribution in [0.15, 0.2) is 47.8 Å². The number of anilines is 1. The lowest BCUT2D eigenvalue weighted by molar-refractivity contribution is 0.483. The molecule has 0 bridgehead atoms. The molecule has 106 valence electrons. The number of benzene rings is 1. The number of hydrogen-bond acceptors (Lipinski definition) is 3. The minimum absolute atomic E-state index is 0.329. The zero-order valence-electron chi connectivity index (χ0n) is 11.9. The Morgan fingerprint density at radius 1 is 1.24 bits per heavy atom. The zero-order chi connectivity index (χ0) is 14.2. The molecule has 1 N–H and O–H groups in total. The maximum Gasteiger partial charge on any atom is 0.125 e. The molecule has 0 aliphatic carbocycles. The molecular weight excluding hydrogens is 278 g/mol. The fourth-order valence-corrected chi connectivity index (χ4v) is 3.55. The van der Waals surface area contributed by atoms with E-state index in [1.54, 1.807) is 11.3 Å². The highest BCUT2D eigenvalue weighted by Crippen LogP contribution is 2.33. The third kappa shape index (κ3) is 2.25. The van der Waals surface area contributed by atoms with Gasteiger partial charge in [0.1, 0.15) is 11.5 Å². The SMILES string of the molecule is Cc1ccc(C2CCNc3cc(-c4cccs4)nn32)cc1. The van der Waals surface area contributed by atoms with Crippen molar-refractivity contribution < 1.29 is 0 Å². The molecule has 0 saturated carbocycles. The molecule has 0 saturated heterocycles. The molecule has 4 rings (SSSR count). The van der Waals surface area contributed by atoms with Gasteiger partial charge in [-0.05, 0) is 30.4 Å². The topological polar surface area (TPSA) is 29.9 Å². The van der Waals surface area contributed by atoms with Crippen LogP contribution >= 0.6 is 11.3 Å². The van der Waals surface area contributed by atoms with E-state index in [1.165, 1.54) is 16.0 Å². The summed E-state index contributed by atoms with van der Waals surface area (Å²) in [6.07, 6.45) is 1.07. The number of hydrogen-bond donors (Lipinski definition) is 1. The first-order chi connectivity index (χ1) is 10.3. The number of aryl methyl sites for hydroxylation is 1. The van der Waals surface area contributed by atoms with Crippen molar-refractivity contribution in [3.63, 3.8) is 0 Å². The summed E-state index contributed by atoms with van der Waals surface area (Å²) in [5.41, 5.74) is 3.70. The van der Waals surface area contributed by atoms with E-state index in [9.17, 15) is 0 Å². The summed E-state index contributed by atoms with van der Waals surface area (Å²) < 4.78 is 2.14. The predicted octanol–water partition coefficient (Wildman–Crippen LogP) is 4.33. The highest BCUT2D eigenvalue weighted by Gasteiger charge is 2.23. The molecule has 2 aromatic heterocycles. The highest BCUT2D eigenvalue weighted by molar-refractivity contribution is 7.13. The first-order valence-electron chi connectivity index (χ1n) is 7.25. The minimum Gasteiger partial charge on any atom is -0.370 e. The van der Waals surface area contributed by atoms with Crippen LogP contribution in [-0.2, 0) is 0 Å². The Bertz CT molecular complexity index is 741. The summed E-state index contributed by atoms with van der Waals surface area (Å²) in [4.78, 5) is 1.22. The van der Waals surface area contributed by atoms with E-state index in [1.807, 2.05) is 0 Å². The van der Waals surface area contributed by atoms with Crippen LogP contribution in [0.25, 0.3) is 10.6 Å². The largest absolute Gasteiger partial charge is 0.370 e. The molecule has 4 heteroatoms. The van der Waals surface area contributed by atoms with Crippen molar-refractivity contribution in [3.8, 4) is 10.6 Å². The summed E-state index contributed by atoms with van der Waals surface area (Å²) in [5, 5.41) is 10.4. The molecular formula is C17H17N3S. The Kier molecular flexibility index (Phi) is 3.04. The normalized spacial score (nSPS) is 17.3. The lowest BCUT2D eigenvalue weighted by Crippen LogP contribution is -2.24. The van der Waals surface area contributed by atoms with Gasteiger partial charge < -0.3 is 5.32 Å². The van der Waals surface area contributed by atoms with Gasteiger partial charge >= 0.3 is 0 Å². The number of thiophene rings is 1. The smallest absolute Gasteiger partial charge is 0.125 e. The van der Waals surface area contributed by atoms with Crippen LogP contribution in [0.2, 0.25) is 0 Å². The molecule has 1 aliphatic rings. The lowest BCUT2D eigenvalue weighted by atomic mass is 10.0. The lowest BCUT2D eigenvalue weighted by Gasteiger charge is -2.26. The molecule has 0 radical (unpaired) electrons. The van der Waals surface area contributed by atoms with Crippen LogP contribution in [0.4, 0.5) is 5.82 Å². The maximum absolute atomic E-state index is 4.84. The highest BCUT2D eigenvalue weighted by atomic mass is 32.1. The third-order valence-corrected chi connectivity index (χ3v) is 4.88. The van der Waals surface area contributed by atoms with Crippen LogP contribution in [0, 0.1) is 6.92 Å². The number of nitrogens with zero attached hydrogens (tertiary/aromatic N) is 2. The van der Waals surface area contributed by atoms with E-state index in [4.69, 9.17) is 5.10 Å². The summed E-state index contributed by atoms with van der Waals surface area (Å²) in [6.45, 7) is 3.12. The molecule has 3 heterocycles. The van der Waals surface area contributed by atoms with Gasteiger partial charge in [-0.15, -0.1) is 11.3 Å². The van der Waals surface area contributed by atoms with Crippen LogP contribution in [0.1, 0.15) is 23.6 Å². The molecule has 3 aromatic rings. The monoisotopic (exact) mass is 295 g/mol. The molecule has 3 nitrogen and oxygen atoms in total. The fourth-order valence-electron chi connectivity index (χ4n) is 2.86. The number of rotatable bonds is 2. The zero-order valence-corrected chi connectivity index (χ0v) is 12.7. The first kappa shape index (κ1) is 12.7. The fraction of sp³-hybridized carbons (Fsp3) is 0.235. The first-order valence-corrected chi connectivity index (χ1v) is 8.13. The standard InChI is InChI=1S/C17H17N3S/c1-12-4-6-13(7-5-12)15-8-9-18-17-11-14(19-20(15)17)16-3-2-10-21-16/h2-7,10-11,15,18H,8-9H2,1H3. The molecule has 0 amide bonds. The van der Waals surface area contributed by atoms with Gasteiger partial charge in [0, 0.05) is 12.6 Å². The molecule has 0 spiro atoms. The summed E-state index contributed by atoms with van der Waals surface area (Å²) in [7, 11) is 0. The van der Waals surface area contributed by atoms with Crippen molar-refractivity contribution in [3.05, 3.63) is 59.0 Å². The number of nitrogens with one attached hydrogen (secondary N) is 1. The van der Waals surface area contributed by atoms with Crippen molar-refractivity contribution in [2.45, 2.75) is 19.4 Å². The van der Waals surface area contributed by atoms with Gasteiger partial charge in [0.2, 0.25) is 0 Å². The van der Waals surface area contributed by atoms with E-state index in [-0.39, 0.29) is 0 Å². The second-order valence-corrected chi connectivity index (χ2v) is 6.43. The van der Waals surface area contributed by atoms with Crippen LogP contribution in [-0.4, -0.2) is 16.3 Å². The van der Waals surface area contributed by atoms with Crippen LogP contribution in [0.5, 0.6) is 0 Å². The van der Waals surface area contributed by atoms with Gasteiger partial charge in [0.05, 0.1) is 10.9 Å². The van der Waals surface area contributed by atoms with Crippen LogP contribution in [0.3, 0.4) is 0 Å². The Morgan fingerprint density at radius 2 is 2.10 bits per heavy atom. The second kappa shape index (κ2) is 5.04. The van der Waals surface area contributed by atoms with E-state index in [2.05, 4.69) is 64.8 Å². The molecule has 1 aromatic carbocycles. The molecule has 0 fully saturated rings. The summed E-state index contributed by atoms with van der Waals surface area (Å²) in [6, 6.07) is 15.5. The third-order valence-electron chi connectivity index (χ3n) is 3.99. The quantitative estimate of drug-likeness (QED) is 0.763. The average Bonchev–Trinajstić information content (AvgIpc) is 3.16. The van der Waals surface area contributed by atoms with Gasteiger partial charge in [0.25, 0.3) is 0 Å². The number of aromatic nitrogens is 2. The van der Waals surface area contributed by atoms with Crippen molar-refractivity contribution >= 4 is 17.2 Å². The maximum atomic E-state index is 4.84. The minimum atomic E-state index is 0.329. The van der Waals surface area contributed by atoms with Crippen molar-refractivity contribution in [2.75, 3.05) is 11.9 Å². The Hall–Kier alpha value is -2.07. The molecule has 1 unspecified atom stereocenters. The van der Waals surface area contributed by atoms with Gasteiger partial charge in [0.15, 0.2) is 0 Å². The van der Waals surface area contributed by atoms with Gasteiger partial charge in [-0.3, -0.25) is 0 Å². The average molecular weight is 295 g/mol. The van der Waals surface area contributed by atoms with Crippen LogP contribution < -0.4 is 5.32 Å². The van der Waals surface area contributed by atoms with E-state index in [0.29, 0.717) is 6.04 Å². The van der Waals surface area contributed by atoms with Crippen molar-refractivity contribution in [2.24, 2.45) is 0 Å². The molecule has 1 atom stereocenters. The Morgan fingerprint density at radius 3 is 2.86 bits per heavy atom. The van der Waals surface area contributed by atoms with E-state index in [0.717, 1.165) is 24.5 Å². The Labute approximate surface area is 128 Å².